The van der Waals surface area contributed by atoms with Gasteiger partial charge in [0.15, 0.2) is 0 Å². The van der Waals surface area contributed by atoms with E-state index in [1.165, 1.54) is 11.1 Å². The molecule has 0 aliphatic heterocycles. The average Bonchev–Trinajstić information content (AvgIpc) is 2.50. The van der Waals surface area contributed by atoms with Crippen LogP contribution >= 0.6 is 0 Å². The molecule has 0 saturated carbocycles. The van der Waals surface area contributed by atoms with E-state index in [9.17, 15) is 0 Å². The molecule has 0 aromatic heterocycles. The SMILES string of the molecule is CC.CNc1ccccc1.Cc1ccc(C(C)(C)C)cc1. The van der Waals surface area contributed by atoms with Crippen molar-refractivity contribution >= 4 is 5.69 Å². The number of benzene rings is 2. The molecule has 1 heteroatoms. The smallest absolute Gasteiger partial charge is 0.0337 e. The second kappa shape index (κ2) is 10.0. The molecule has 0 amide bonds. The van der Waals surface area contributed by atoms with Gasteiger partial charge >= 0.3 is 0 Å². The van der Waals surface area contributed by atoms with E-state index in [4.69, 9.17) is 0 Å². The first-order valence-electron chi connectivity index (χ1n) is 7.73. The Labute approximate surface area is 131 Å². The Hall–Kier alpha value is -1.76. The fourth-order valence-electron chi connectivity index (χ4n) is 1.66. The van der Waals surface area contributed by atoms with Crippen molar-refractivity contribution in [2.75, 3.05) is 12.4 Å². The molecule has 21 heavy (non-hydrogen) atoms. The van der Waals surface area contributed by atoms with Crippen LogP contribution in [0, 0.1) is 6.92 Å². The number of anilines is 1. The molecule has 0 spiro atoms. The Bertz CT molecular complexity index is 463. The molecule has 2 aromatic carbocycles. The summed E-state index contributed by atoms with van der Waals surface area (Å²) in [5.41, 5.74) is 4.18. The van der Waals surface area contributed by atoms with E-state index in [-0.39, 0.29) is 5.41 Å². The molecule has 0 aliphatic rings. The van der Waals surface area contributed by atoms with Crippen LogP contribution in [0.5, 0.6) is 0 Å². The van der Waals surface area contributed by atoms with Gasteiger partial charge in [-0.05, 0) is 30.0 Å². The second-order valence-electron chi connectivity index (χ2n) is 5.73. The number of nitrogens with one attached hydrogen (secondary N) is 1. The lowest BCUT2D eigenvalue weighted by atomic mass is 9.87. The Morgan fingerprint density at radius 3 is 1.57 bits per heavy atom. The summed E-state index contributed by atoms with van der Waals surface area (Å²) in [6, 6.07) is 18.8. The van der Waals surface area contributed by atoms with Crippen molar-refractivity contribution < 1.29 is 0 Å². The fraction of sp³-hybridized carbons (Fsp3) is 0.400. The highest BCUT2D eigenvalue weighted by Gasteiger charge is 2.11. The zero-order valence-corrected chi connectivity index (χ0v) is 14.7. The highest BCUT2D eigenvalue weighted by atomic mass is 14.8. The van der Waals surface area contributed by atoms with Crippen molar-refractivity contribution in [3.05, 3.63) is 65.7 Å². The number of hydrogen-bond donors (Lipinski definition) is 1. The Balaban J connectivity index is 0.000000354. The normalized spacial score (nSPS) is 9.67. The third-order valence-corrected chi connectivity index (χ3v) is 2.98. The number of para-hydroxylation sites is 1. The maximum absolute atomic E-state index is 3.03. The van der Waals surface area contributed by atoms with Crippen molar-refractivity contribution in [2.24, 2.45) is 0 Å². The zero-order valence-electron chi connectivity index (χ0n) is 14.7. The summed E-state index contributed by atoms with van der Waals surface area (Å²) >= 11 is 0. The largest absolute Gasteiger partial charge is 0.388 e. The molecule has 1 N–H and O–H groups in total. The van der Waals surface area contributed by atoms with Crippen LogP contribution in [-0.4, -0.2) is 7.05 Å². The molecule has 2 rings (SSSR count). The van der Waals surface area contributed by atoms with E-state index < -0.39 is 0 Å². The predicted octanol–water partition coefficient (Wildman–Crippen LogP) is 6.05. The zero-order chi connectivity index (χ0) is 16.3. The fourth-order valence-corrected chi connectivity index (χ4v) is 1.66. The highest BCUT2D eigenvalue weighted by molar-refractivity contribution is 5.41. The van der Waals surface area contributed by atoms with E-state index in [0.717, 1.165) is 5.69 Å². The van der Waals surface area contributed by atoms with E-state index in [1.807, 2.05) is 51.2 Å². The topological polar surface area (TPSA) is 12.0 Å². The average molecular weight is 285 g/mol. The number of rotatable bonds is 1. The first kappa shape index (κ1) is 19.2. The van der Waals surface area contributed by atoms with Gasteiger partial charge in [-0.2, -0.15) is 0 Å². The highest BCUT2D eigenvalue weighted by Crippen LogP contribution is 2.21. The molecule has 116 valence electrons. The number of hydrogen-bond acceptors (Lipinski definition) is 1. The third-order valence-electron chi connectivity index (χ3n) is 2.98. The van der Waals surface area contributed by atoms with E-state index >= 15 is 0 Å². The minimum absolute atomic E-state index is 0.285. The van der Waals surface area contributed by atoms with Gasteiger partial charge < -0.3 is 5.32 Å². The van der Waals surface area contributed by atoms with Crippen molar-refractivity contribution in [3.8, 4) is 0 Å². The lowest BCUT2D eigenvalue weighted by Gasteiger charge is -2.18. The van der Waals surface area contributed by atoms with Crippen LogP contribution in [0.25, 0.3) is 0 Å². The van der Waals surface area contributed by atoms with Gasteiger partial charge in [-0.1, -0.05) is 82.6 Å². The van der Waals surface area contributed by atoms with Gasteiger partial charge in [0.2, 0.25) is 0 Å². The first-order chi connectivity index (χ1) is 9.93. The molecule has 0 heterocycles. The molecular formula is C20H31N. The van der Waals surface area contributed by atoms with Crippen LogP contribution in [0.3, 0.4) is 0 Å². The predicted molar refractivity (Wildman–Crippen MR) is 97.2 cm³/mol. The van der Waals surface area contributed by atoms with Gasteiger partial charge in [-0.15, -0.1) is 0 Å². The summed E-state index contributed by atoms with van der Waals surface area (Å²) in [4.78, 5) is 0. The van der Waals surface area contributed by atoms with Crippen molar-refractivity contribution in [3.63, 3.8) is 0 Å². The molecular weight excluding hydrogens is 254 g/mol. The van der Waals surface area contributed by atoms with E-state index in [0.29, 0.717) is 0 Å². The summed E-state index contributed by atoms with van der Waals surface area (Å²) in [7, 11) is 1.91. The standard InChI is InChI=1S/C11H16.C7H9N.C2H6/c1-9-5-7-10(8-6-9)11(2,3)4;1-8-7-5-3-2-4-6-7;1-2/h5-8H,1-4H3;2-6,8H,1H3;1-2H3. The van der Waals surface area contributed by atoms with Gasteiger partial charge in [0.1, 0.15) is 0 Å². The molecule has 1 nitrogen and oxygen atoms in total. The van der Waals surface area contributed by atoms with Gasteiger partial charge in [-0.3, -0.25) is 0 Å². The molecule has 0 bridgehead atoms. The van der Waals surface area contributed by atoms with Gasteiger partial charge in [0.25, 0.3) is 0 Å². The lowest BCUT2D eigenvalue weighted by molar-refractivity contribution is 0.590. The molecule has 0 radical (unpaired) electrons. The van der Waals surface area contributed by atoms with Crippen molar-refractivity contribution in [1.29, 1.82) is 0 Å². The summed E-state index contributed by atoms with van der Waals surface area (Å²) in [6.07, 6.45) is 0. The summed E-state index contributed by atoms with van der Waals surface area (Å²) in [6.45, 7) is 12.8. The summed E-state index contributed by atoms with van der Waals surface area (Å²) in [5, 5.41) is 3.03. The summed E-state index contributed by atoms with van der Waals surface area (Å²) < 4.78 is 0. The second-order valence-corrected chi connectivity index (χ2v) is 5.73. The van der Waals surface area contributed by atoms with Crippen molar-refractivity contribution in [1.82, 2.24) is 0 Å². The molecule has 0 saturated heterocycles. The lowest BCUT2D eigenvalue weighted by Crippen LogP contribution is -2.10. The maximum Gasteiger partial charge on any atom is 0.0337 e. The third kappa shape index (κ3) is 8.19. The van der Waals surface area contributed by atoms with Crippen molar-refractivity contribution in [2.45, 2.75) is 47.0 Å². The van der Waals surface area contributed by atoms with Gasteiger partial charge in [0.05, 0.1) is 0 Å². The maximum atomic E-state index is 3.03. The molecule has 0 unspecified atom stereocenters. The van der Waals surface area contributed by atoms with Crippen LogP contribution in [0.1, 0.15) is 45.7 Å². The minimum atomic E-state index is 0.285. The minimum Gasteiger partial charge on any atom is -0.388 e. The van der Waals surface area contributed by atoms with Crippen LogP contribution in [0.4, 0.5) is 5.69 Å². The quantitative estimate of drug-likeness (QED) is 0.672. The summed E-state index contributed by atoms with van der Waals surface area (Å²) in [5.74, 6) is 0. The Kier molecular flexibility index (Phi) is 9.20. The Morgan fingerprint density at radius 2 is 1.24 bits per heavy atom. The van der Waals surface area contributed by atoms with Crippen LogP contribution < -0.4 is 5.32 Å². The molecule has 0 aliphatic carbocycles. The number of aryl methyl sites for hydroxylation is 1. The van der Waals surface area contributed by atoms with Crippen LogP contribution in [0.2, 0.25) is 0 Å². The van der Waals surface area contributed by atoms with E-state index in [2.05, 4.69) is 57.3 Å². The van der Waals surface area contributed by atoms with Gasteiger partial charge in [-0.25, -0.2) is 0 Å². The molecule has 0 atom stereocenters. The van der Waals surface area contributed by atoms with Gasteiger partial charge in [0, 0.05) is 12.7 Å². The molecule has 2 aromatic rings. The Morgan fingerprint density at radius 1 is 0.762 bits per heavy atom. The molecule has 0 fully saturated rings. The van der Waals surface area contributed by atoms with Crippen LogP contribution in [-0.2, 0) is 5.41 Å². The monoisotopic (exact) mass is 285 g/mol. The first-order valence-corrected chi connectivity index (χ1v) is 7.73. The van der Waals surface area contributed by atoms with E-state index in [1.54, 1.807) is 0 Å². The van der Waals surface area contributed by atoms with Crippen LogP contribution in [0.15, 0.2) is 54.6 Å².